The fraction of sp³-hybridized carbons (Fsp3) is 0.588. The SMILES string of the molecule is Cc1ccc(C)c(OCCCCC(=O)NC2CCS(=O)(=O)C2)c1. The van der Waals surface area contributed by atoms with Crippen molar-refractivity contribution in [3.63, 3.8) is 0 Å². The molecule has 1 amide bonds. The molecule has 1 aliphatic heterocycles. The monoisotopic (exact) mass is 339 g/mol. The number of amides is 1. The summed E-state index contributed by atoms with van der Waals surface area (Å²) in [6, 6.07) is 5.89. The second kappa shape index (κ2) is 7.81. The van der Waals surface area contributed by atoms with Crippen molar-refractivity contribution >= 4 is 15.7 Å². The minimum Gasteiger partial charge on any atom is -0.493 e. The predicted molar refractivity (Wildman–Crippen MR) is 90.5 cm³/mol. The third-order valence-electron chi connectivity index (χ3n) is 4.00. The van der Waals surface area contributed by atoms with E-state index in [4.69, 9.17) is 4.74 Å². The molecule has 0 radical (unpaired) electrons. The van der Waals surface area contributed by atoms with E-state index < -0.39 is 9.84 Å². The summed E-state index contributed by atoms with van der Waals surface area (Å²) in [5.41, 5.74) is 2.27. The number of carbonyl (C=O) groups is 1. The number of benzene rings is 1. The van der Waals surface area contributed by atoms with Gasteiger partial charge in [0.1, 0.15) is 5.75 Å². The number of aryl methyl sites for hydroxylation is 2. The van der Waals surface area contributed by atoms with Gasteiger partial charge in [-0.2, -0.15) is 0 Å². The van der Waals surface area contributed by atoms with Crippen LogP contribution in [0, 0.1) is 13.8 Å². The summed E-state index contributed by atoms with van der Waals surface area (Å²) in [6.45, 7) is 4.62. The Labute approximate surface area is 138 Å². The Morgan fingerprint density at radius 3 is 2.78 bits per heavy atom. The average Bonchev–Trinajstić information content (AvgIpc) is 2.81. The lowest BCUT2D eigenvalue weighted by Gasteiger charge is -2.11. The maximum absolute atomic E-state index is 11.8. The maximum Gasteiger partial charge on any atom is 0.220 e. The summed E-state index contributed by atoms with van der Waals surface area (Å²) in [7, 11) is -2.94. The fourth-order valence-corrected chi connectivity index (χ4v) is 4.31. The molecule has 1 heterocycles. The van der Waals surface area contributed by atoms with Crippen LogP contribution in [0.25, 0.3) is 0 Å². The molecule has 1 aromatic carbocycles. The second-order valence-electron chi connectivity index (χ2n) is 6.24. The first kappa shape index (κ1) is 17.8. The number of nitrogens with one attached hydrogen (secondary N) is 1. The van der Waals surface area contributed by atoms with E-state index in [1.54, 1.807) is 0 Å². The highest BCUT2D eigenvalue weighted by molar-refractivity contribution is 7.91. The van der Waals surface area contributed by atoms with Crippen molar-refractivity contribution in [3.05, 3.63) is 29.3 Å². The molecule has 6 heteroatoms. The number of carbonyl (C=O) groups excluding carboxylic acids is 1. The van der Waals surface area contributed by atoms with Gasteiger partial charge in [-0.25, -0.2) is 8.42 Å². The fourth-order valence-electron chi connectivity index (χ4n) is 2.64. The van der Waals surface area contributed by atoms with E-state index >= 15 is 0 Å². The summed E-state index contributed by atoms with van der Waals surface area (Å²) in [4.78, 5) is 11.8. The molecule has 0 aliphatic carbocycles. The molecule has 0 spiro atoms. The minimum atomic E-state index is -2.94. The van der Waals surface area contributed by atoms with Crippen molar-refractivity contribution in [1.82, 2.24) is 5.32 Å². The zero-order chi connectivity index (χ0) is 16.9. The van der Waals surface area contributed by atoms with Crippen molar-refractivity contribution in [1.29, 1.82) is 0 Å². The van der Waals surface area contributed by atoms with Gasteiger partial charge in [0.2, 0.25) is 5.91 Å². The van der Waals surface area contributed by atoms with Crippen LogP contribution < -0.4 is 10.1 Å². The number of sulfone groups is 1. The molecular weight excluding hydrogens is 314 g/mol. The first-order valence-electron chi connectivity index (χ1n) is 8.05. The lowest BCUT2D eigenvalue weighted by Crippen LogP contribution is -2.35. The van der Waals surface area contributed by atoms with Crippen molar-refractivity contribution < 1.29 is 17.9 Å². The Morgan fingerprint density at radius 2 is 2.09 bits per heavy atom. The molecule has 0 saturated carbocycles. The van der Waals surface area contributed by atoms with Gasteiger partial charge in [-0.05, 0) is 50.3 Å². The average molecular weight is 339 g/mol. The van der Waals surface area contributed by atoms with E-state index in [2.05, 4.69) is 11.4 Å². The lowest BCUT2D eigenvalue weighted by molar-refractivity contribution is -0.121. The highest BCUT2D eigenvalue weighted by Gasteiger charge is 2.28. The minimum absolute atomic E-state index is 0.0705. The van der Waals surface area contributed by atoms with Crippen molar-refractivity contribution in [2.45, 2.75) is 45.6 Å². The van der Waals surface area contributed by atoms with Gasteiger partial charge in [0.05, 0.1) is 18.1 Å². The Balaban J connectivity index is 1.62. The van der Waals surface area contributed by atoms with Crippen LogP contribution in [0.3, 0.4) is 0 Å². The third kappa shape index (κ3) is 5.86. The van der Waals surface area contributed by atoms with E-state index in [1.807, 2.05) is 26.0 Å². The van der Waals surface area contributed by atoms with Crippen LogP contribution in [-0.2, 0) is 14.6 Å². The molecule has 5 nitrogen and oxygen atoms in total. The highest BCUT2D eigenvalue weighted by Crippen LogP contribution is 2.19. The molecule has 0 aromatic heterocycles. The van der Waals surface area contributed by atoms with Crippen molar-refractivity contribution in [2.24, 2.45) is 0 Å². The topological polar surface area (TPSA) is 72.5 Å². The van der Waals surface area contributed by atoms with Crippen LogP contribution in [0.5, 0.6) is 5.75 Å². The zero-order valence-corrected chi connectivity index (χ0v) is 14.6. The normalized spacial score (nSPS) is 19.5. The first-order valence-corrected chi connectivity index (χ1v) is 9.88. The van der Waals surface area contributed by atoms with E-state index in [0.717, 1.165) is 29.7 Å². The molecule has 2 rings (SSSR count). The van der Waals surface area contributed by atoms with Gasteiger partial charge in [-0.15, -0.1) is 0 Å². The molecule has 23 heavy (non-hydrogen) atoms. The zero-order valence-electron chi connectivity index (χ0n) is 13.8. The number of hydrogen-bond donors (Lipinski definition) is 1. The Bertz CT molecular complexity index is 655. The lowest BCUT2D eigenvalue weighted by atomic mass is 10.1. The maximum atomic E-state index is 11.8. The molecule has 128 valence electrons. The van der Waals surface area contributed by atoms with E-state index in [-0.39, 0.29) is 23.5 Å². The number of rotatable bonds is 7. The number of unbranched alkanes of at least 4 members (excludes halogenated alkanes) is 1. The predicted octanol–water partition coefficient (Wildman–Crippen LogP) is 2.16. The summed E-state index contributed by atoms with van der Waals surface area (Å²) in [6.07, 6.45) is 2.47. The van der Waals surface area contributed by atoms with Crippen LogP contribution in [0.1, 0.15) is 36.8 Å². The molecule has 1 fully saturated rings. The number of hydrogen-bond acceptors (Lipinski definition) is 4. The van der Waals surface area contributed by atoms with E-state index in [1.165, 1.54) is 0 Å². The Kier molecular flexibility index (Phi) is 6.04. The highest BCUT2D eigenvalue weighted by atomic mass is 32.2. The van der Waals surface area contributed by atoms with Gasteiger partial charge >= 0.3 is 0 Å². The second-order valence-corrected chi connectivity index (χ2v) is 8.47. The Morgan fingerprint density at radius 1 is 1.30 bits per heavy atom. The van der Waals surface area contributed by atoms with Crippen LogP contribution in [0.15, 0.2) is 18.2 Å². The van der Waals surface area contributed by atoms with Crippen LogP contribution in [0.2, 0.25) is 0 Å². The van der Waals surface area contributed by atoms with E-state index in [0.29, 0.717) is 19.4 Å². The standard InChI is InChI=1S/C17H25NO4S/c1-13-6-7-14(2)16(11-13)22-9-4-3-5-17(19)18-15-8-10-23(20,21)12-15/h6-7,11,15H,3-5,8-10,12H2,1-2H3,(H,18,19). The van der Waals surface area contributed by atoms with Gasteiger partial charge in [-0.3, -0.25) is 4.79 Å². The first-order chi connectivity index (χ1) is 10.9. The molecule has 1 atom stereocenters. The van der Waals surface area contributed by atoms with Crippen molar-refractivity contribution in [2.75, 3.05) is 18.1 Å². The molecule has 1 unspecified atom stereocenters. The molecule has 1 aromatic rings. The summed E-state index contributed by atoms with van der Waals surface area (Å²) in [5, 5.41) is 2.80. The third-order valence-corrected chi connectivity index (χ3v) is 5.76. The molecule has 1 N–H and O–H groups in total. The quantitative estimate of drug-likeness (QED) is 0.773. The van der Waals surface area contributed by atoms with Gasteiger partial charge in [0.15, 0.2) is 9.84 Å². The van der Waals surface area contributed by atoms with Crippen molar-refractivity contribution in [3.8, 4) is 5.75 Å². The van der Waals surface area contributed by atoms with Crippen LogP contribution in [0.4, 0.5) is 0 Å². The summed E-state index contributed by atoms with van der Waals surface area (Å²) in [5.74, 6) is 1.08. The summed E-state index contributed by atoms with van der Waals surface area (Å²) >= 11 is 0. The molecule has 1 saturated heterocycles. The van der Waals surface area contributed by atoms with Gasteiger partial charge in [0.25, 0.3) is 0 Å². The van der Waals surface area contributed by atoms with Crippen LogP contribution >= 0.6 is 0 Å². The van der Waals surface area contributed by atoms with Gasteiger partial charge in [-0.1, -0.05) is 12.1 Å². The molecule has 0 bridgehead atoms. The number of ether oxygens (including phenoxy) is 1. The largest absolute Gasteiger partial charge is 0.493 e. The summed E-state index contributed by atoms with van der Waals surface area (Å²) < 4.78 is 28.4. The van der Waals surface area contributed by atoms with E-state index in [9.17, 15) is 13.2 Å². The molecular formula is C17H25NO4S. The van der Waals surface area contributed by atoms with Crippen LogP contribution in [-0.4, -0.2) is 38.5 Å². The Hall–Kier alpha value is -1.56. The van der Waals surface area contributed by atoms with Gasteiger partial charge in [0, 0.05) is 12.5 Å². The van der Waals surface area contributed by atoms with Gasteiger partial charge < -0.3 is 10.1 Å². The smallest absolute Gasteiger partial charge is 0.220 e. The molecule has 1 aliphatic rings.